The molecule has 7 heteroatoms. The van der Waals surface area contributed by atoms with Gasteiger partial charge in [0.25, 0.3) is 0 Å². The summed E-state index contributed by atoms with van der Waals surface area (Å²) < 4.78 is 24.7. The third-order valence-electron chi connectivity index (χ3n) is 4.07. The zero-order valence-electron chi connectivity index (χ0n) is 14.4. The van der Waals surface area contributed by atoms with E-state index >= 15 is 0 Å². The molecule has 2 aromatic rings. The van der Waals surface area contributed by atoms with Crippen LogP contribution in [0.3, 0.4) is 0 Å². The fourth-order valence-corrected chi connectivity index (χ4v) is 4.54. The molecule has 0 bridgehead atoms. The molecule has 26 heavy (non-hydrogen) atoms. The van der Waals surface area contributed by atoms with Crippen molar-refractivity contribution < 1.29 is 13.2 Å². The van der Waals surface area contributed by atoms with Gasteiger partial charge in [-0.2, -0.15) is 0 Å². The van der Waals surface area contributed by atoms with Crippen LogP contribution >= 0.6 is 11.6 Å². The number of halogens is 1. The van der Waals surface area contributed by atoms with Gasteiger partial charge in [-0.15, -0.1) is 0 Å². The number of carbonyl (C=O) groups is 1. The predicted molar refractivity (Wildman–Crippen MR) is 105 cm³/mol. The number of benzene rings is 2. The normalized spacial score (nSPS) is 14.6. The number of rotatable bonds is 5. The molecule has 0 N–H and O–H groups in total. The first-order valence-electron chi connectivity index (χ1n) is 8.32. The molecule has 0 saturated heterocycles. The van der Waals surface area contributed by atoms with Gasteiger partial charge in [-0.05, 0) is 24.6 Å². The van der Waals surface area contributed by atoms with E-state index in [0.717, 1.165) is 5.56 Å². The Balaban J connectivity index is 2.12. The lowest BCUT2D eigenvalue weighted by Crippen LogP contribution is -2.37. The summed E-state index contributed by atoms with van der Waals surface area (Å²) in [6.07, 6.45) is 0.504. The topological polar surface area (TPSA) is 66.8 Å². The summed E-state index contributed by atoms with van der Waals surface area (Å²) in [7, 11) is -3.39. The predicted octanol–water partition coefficient (Wildman–Crippen LogP) is 3.31. The summed E-state index contributed by atoms with van der Waals surface area (Å²) >= 11 is 6.17. The molecule has 0 aromatic heterocycles. The summed E-state index contributed by atoms with van der Waals surface area (Å²) in [5.74, 6) is -0.669. The van der Waals surface area contributed by atoms with Crippen molar-refractivity contribution in [2.24, 2.45) is 4.99 Å². The lowest BCUT2D eigenvalue weighted by atomic mass is 10.0. The molecule has 3 rings (SSSR count). The second-order valence-corrected chi connectivity index (χ2v) is 8.68. The number of benzodiazepines with no additional fused rings is 1. The number of fused-ring (bicyclic) bond motifs is 1. The van der Waals surface area contributed by atoms with Crippen LogP contribution in [-0.4, -0.2) is 38.2 Å². The average molecular weight is 391 g/mol. The third-order valence-corrected chi connectivity index (χ3v) is 5.98. The Bertz CT molecular complexity index is 956. The van der Waals surface area contributed by atoms with Crippen LogP contribution in [0.25, 0.3) is 0 Å². The zero-order valence-corrected chi connectivity index (χ0v) is 15.9. The first-order chi connectivity index (χ1) is 12.4. The molecular weight excluding hydrogens is 372 g/mol. The van der Waals surface area contributed by atoms with Crippen molar-refractivity contribution in [3.8, 4) is 0 Å². The van der Waals surface area contributed by atoms with Crippen molar-refractivity contribution >= 4 is 38.7 Å². The van der Waals surface area contributed by atoms with E-state index in [1.807, 2.05) is 30.3 Å². The number of aliphatic imine (C=N–C) groups is 1. The number of anilines is 1. The summed E-state index contributed by atoms with van der Waals surface area (Å²) in [6.45, 7) is 1.68. The quantitative estimate of drug-likeness (QED) is 0.786. The number of carbonyl (C=O) groups excluding carboxylic acids is 1. The molecule has 1 amide bonds. The fraction of sp³-hybridized carbons (Fsp3) is 0.263. The molecule has 0 spiro atoms. The van der Waals surface area contributed by atoms with Gasteiger partial charge in [-0.1, -0.05) is 48.9 Å². The van der Waals surface area contributed by atoms with Gasteiger partial charge in [-0.3, -0.25) is 14.7 Å². The van der Waals surface area contributed by atoms with E-state index in [0.29, 0.717) is 28.4 Å². The molecule has 0 atom stereocenters. The average Bonchev–Trinajstić information content (AvgIpc) is 2.73. The van der Waals surface area contributed by atoms with E-state index in [1.165, 1.54) is 4.90 Å². The van der Waals surface area contributed by atoms with Gasteiger partial charge in [0.1, 0.15) is 12.4 Å². The Morgan fingerprint density at radius 1 is 1.15 bits per heavy atom. The van der Waals surface area contributed by atoms with Gasteiger partial charge < -0.3 is 0 Å². The minimum absolute atomic E-state index is 0.0338. The summed E-state index contributed by atoms with van der Waals surface area (Å²) in [5, 5.41) is 0.498. The van der Waals surface area contributed by atoms with E-state index in [1.54, 1.807) is 25.1 Å². The summed E-state index contributed by atoms with van der Waals surface area (Å²) in [6, 6.07) is 14.5. The van der Waals surface area contributed by atoms with Crippen LogP contribution in [0.1, 0.15) is 24.5 Å². The van der Waals surface area contributed by atoms with Gasteiger partial charge in [0.2, 0.25) is 5.91 Å². The van der Waals surface area contributed by atoms with Crippen molar-refractivity contribution in [2.45, 2.75) is 13.3 Å². The molecule has 5 nitrogen and oxygen atoms in total. The first-order valence-corrected chi connectivity index (χ1v) is 10.5. The van der Waals surface area contributed by atoms with Crippen molar-refractivity contribution in [2.75, 3.05) is 23.1 Å². The van der Waals surface area contributed by atoms with Crippen LogP contribution < -0.4 is 4.90 Å². The maximum atomic E-state index is 12.6. The highest BCUT2D eigenvalue weighted by molar-refractivity contribution is 7.91. The highest BCUT2D eigenvalue weighted by Gasteiger charge is 2.28. The molecule has 0 aliphatic carbocycles. The molecule has 1 heterocycles. The Kier molecular flexibility index (Phi) is 5.44. The minimum Gasteiger partial charge on any atom is -0.295 e. The van der Waals surface area contributed by atoms with Gasteiger partial charge in [-0.25, -0.2) is 8.42 Å². The zero-order chi connectivity index (χ0) is 18.7. The highest BCUT2D eigenvalue weighted by atomic mass is 35.5. The lowest BCUT2D eigenvalue weighted by molar-refractivity contribution is -0.117. The standard InChI is InChI=1S/C19H19ClN2O3S/c1-2-10-26(24,25)13-22-17-9-8-15(20)11-16(17)19(21-12-18(22)23)14-6-4-3-5-7-14/h3-9,11H,2,10,12-13H2,1H3. The van der Waals surface area contributed by atoms with Crippen LogP contribution in [0.4, 0.5) is 5.69 Å². The van der Waals surface area contributed by atoms with E-state index in [2.05, 4.69) is 4.99 Å². The van der Waals surface area contributed by atoms with Gasteiger partial charge in [0.05, 0.1) is 17.2 Å². The maximum Gasteiger partial charge on any atom is 0.249 e. The SMILES string of the molecule is CCCS(=O)(=O)CN1C(=O)CN=C(c2ccccc2)c2cc(Cl)ccc21. The second kappa shape index (κ2) is 7.60. The monoisotopic (exact) mass is 390 g/mol. The van der Waals surface area contributed by atoms with E-state index in [9.17, 15) is 13.2 Å². The van der Waals surface area contributed by atoms with Crippen molar-refractivity contribution in [1.29, 1.82) is 0 Å². The maximum absolute atomic E-state index is 12.6. The van der Waals surface area contributed by atoms with Crippen LogP contribution in [0.2, 0.25) is 5.02 Å². The minimum atomic E-state index is -3.39. The number of hydrogen-bond acceptors (Lipinski definition) is 4. The molecule has 1 aliphatic rings. The van der Waals surface area contributed by atoms with Crippen LogP contribution in [0.15, 0.2) is 53.5 Å². The van der Waals surface area contributed by atoms with E-state index < -0.39 is 9.84 Å². The highest BCUT2D eigenvalue weighted by Crippen LogP contribution is 2.30. The Morgan fingerprint density at radius 2 is 1.88 bits per heavy atom. The Morgan fingerprint density at radius 3 is 2.58 bits per heavy atom. The third kappa shape index (κ3) is 3.97. The van der Waals surface area contributed by atoms with Gasteiger partial charge in [0.15, 0.2) is 9.84 Å². The van der Waals surface area contributed by atoms with Crippen LogP contribution in [-0.2, 0) is 14.6 Å². The number of hydrogen-bond donors (Lipinski definition) is 0. The smallest absolute Gasteiger partial charge is 0.249 e. The summed E-state index contributed by atoms with van der Waals surface area (Å²) in [4.78, 5) is 18.4. The number of amides is 1. The Hall–Kier alpha value is -2.18. The molecule has 0 unspecified atom stereocenters. The number of nitrogens with zero attached hydrogens (tertiary/aromatic N) is 2. The molecule has 1 aliphatic heterocycles. The van der Waals surface area contributed by atoms with Crippen LogP contribution in [0.5, 0.6) is 0 Å². The number of sulfone groups is 1. The second-order valence-electron chi connectivity index (χ2n) is 6.09. The van der Waals surface area contributed by atoms with Crippen molar-refractivity contribution in [1.82, 2.24) is 0 Å². The van der Waals surface area contributed by atoms with Crippen LogP contribution in [0, 0.1) is 0 Å². The van der Waals surface area contributed by atoms with Gasteiger partial charge in [0, 0.05) is 16.1 Å². The lowest BCUT2D eigenvalue weighted by Gasteiger charge is -2.23. The molecule has 0 saturated carbocycles. The van der Waals surface area contributed by atoms with E-state index in [4.69, 9.17) is 11.6 Å². The first kappa shape index (κ1) is 18.6. The van der Waals surface area contributed by atoms with Gasteiger partial charge >= 0.3 is 0 Å². The fourth-order valence-electron chi connectivity index (χ4n) is 2.94. The molecule has 136 valence electrons. The summed E-state index contributed by atoms with van der Waals surface area (Å²) in [5.41, 5.74) is 2.65. The molecule has 2 aromatic carbocycles. The Labute approximate surface area is 158 Å². The van der Waals surface area contributed by atoms with Crippen molar-refractivity contribution in [3.63, 3.8) is 0 Å². The largest absolute Gasteiger partial charge is 0.295 e. The molecule has 0 radical (unpaired) electrons. The van der Waals surface area contributed by atoms with Crippen molar-refractivity contribution in [3.05, 3.63) is 64.7 Å². The molecule has 0 fully saturated rings. The van der Waals surface area contributed by atoms with E-state index in [-0.39, 0.29) is 24.1 Å². The molecular formula is C19H19ClN2O3S.